The van der Waals surface area contributed by atoms with E-state index in [2.05, 4.69) is 42.9 Å². The maximum Gasteiger partial charge on any atom is 0.185 e. The van der Waals surface area contributed by atoms with Crippen LogP contribution in [0.5, 0.6) is 0 Å². The van der Waals surface area contributed by atoms with Crippen LogP contribution in [-0.2, 0) is 6.54 Å². The zero-order chi connectivity index (χ0) is 14.8. The van der Waals surface area contributed by atoms with Crippen LogP contribution >= 0.6 is 23.1 Å². The van der Waals surface area contributed by atoms with Gasteiger partial charge in [0.25, 0.3) is 0 Å². The van der Waals surface area contributed by atoms with Gasteiger partial charge in [-0.15, -0.1) is 11.3 Å². The Kier molecular flexibility index (Phi) is 5.12. The molecule has 3 nitrogen and oxygen atoms in total. The van der Waals surface area contributed by atoms with Crippen molar-refractivity contribution in [1.82, 2.24) is 10.3 Å². The second-order valence-corrected chi connectivity index (χ2v) is 8.61. The molecular formula is C16H27N3S2. The SMILES string of the molecule is CCC(C)c1nc(N(C)C2CCSC2)sc1CNC1CC1. The number of hydrogen-bond acceptors (Lipinski definition) is 5. The van der Waals surface area contributed by atoms with Gasteiger partial charge in [-0.25, -0.2) is 4.98 Å². The van der Waals surface area contributed by atoms with E-state index in [1.165, 1.54) is 52.9 Å². The predicted octanol–water partition coefficient (Wildman–Crippen LogP) is 3.85. The van der Waals surface area contributed by atoms with E-state index in [0.717, 1.165) is 12.6 Å². The van der Waals surface area contributed by atoms with E-state index in [1.54, 1.807) is 0 Å². The molecule has 2 fully saturated rings. The van der Waals surface area contributed by atoms with Gasteiger partial charge in [0, 0.05) is 36.3 Å². The molecule has 0 aromatic carbocycles. The third kappa shape index (κ3) is 3.74. The van der Waals surface area contributed by atoms with E-state index in [9.17, 15) is 0 Å². The zero-order valence-electron chi connectivity index (χ0n) is 13.4. The monoisotopic (exact) mass is 325 g/mol. The molecule has 1 aliphatic carbocycles. The molecule has 1 aromatic rings. The van der Waals surface area contributed by atoms with E-state index in [4.69, 9.17) is 4.98 Å². The molecule has 0 radical (unpaired) electrons. The maximum absolute atomic E-state index is 5.02. The van der Waals surface area contributed by atoms with Crippen molar-refractivity contribution >= 4 is 28.2 Å². The first-order chi connectivity index (χ1) is 10.2. The Balaban J connectivity index is 1.75. The summed E-state index contributed by atoms with van der Waals surface area (Å²) in [5.41, 5.74) is 1.34. The predicted molar refractivity (Wildman–Crippen MR) is 94.8 cm³/mol. The summed E-state index contributed by atoms with van der Waals surface area (Å²) in [6.07, 6.45) is 5.17. The number of anilines is 1. The minimum atomic E-state index is 0.567. The van der Waals surface area contributed by atoms with Crippen LogP contribution in [0.4, 0.5) is 5.13 Å². The van der Waals surface area contributed by atoms with Crippen molar-refractivity contribution in [3.63, 3.8) is 0 Å². The Bertz CT molecular complexity index is 464. The Morgan fingerprint density at radius 2 is 2.19 bits per heavy atom. The van der Waals surface area contributed by atoms with E-state index in [-0.39, 0.29) is 0 Å². The molecule has 3 rings (SSSR count). The van der Waals surface area contributed by atoms with Crippen molar-refractivity contribution in [3.05, 3.63) is 10.6 Å². The molecule has 1 saturated carbocycles. The Hall–Kier alpha value is -0.260. The van der Waals surface area contributed by atoms with Gasteiger partial charge in [-0.1, -0.05) is 13.8 Å². The van der Waals surface area contributed by atoms with Crippen molar-refractivity contribution in [2.45, 2.75) is 64.1 Å². The van der Waals surface area contributed by atoms with E-state index >= 15 is 0 Å². The Morgan fingerprint density at radius 1 is 1.38 bits per heavy atom. The average Bonchev–Trinajstić information content (AvgIpc) is 3.02. The van der Waals surface area contributed by atoms with Crippen molar-refractivity contribution in [3.8, 4) is 0 Å². The molecule has 2 aliphatic rings. The van der Waals surface area contributed by atoms with Gasteiger partial charge < -0.3 is 10.2 Å². The summed E-state index contributed by atoms with van der Waals surface area (Å²) in [6, 6.07) is 1.44. The van der Waals surface area contributed by atoms with Gasteiger partial charge in [0.1, 0.15) is 0 Å². The smallest absolute Gasteiger partial charge is 0.185 e. The van der Waals surface area contributed by atoms with Crippen LogP contribution in [0.1, 0.15) is 56.0 Å². The number of nitrogens with zero attached hydrogens (tertiary/aromatic N) is 2. The molecule has 1 saturated heterocycles. The summed E-state index contributed by atoms with van der Waals surface area (Å²) >= 11 is 3.98. The fourth-order valence-electron chi connectivity index (χ4n) is 2.71. The van der Waals surface area contributed by atoms with Crippen LogP contribution in [0.25, 0.3) is 0 Å². The summed E-state index contributed by atoms with van der Waals surface area (Å²) in [6.45, 7) is 5.58. The van der Waals surface area contributed by atoms with Gasteiger partial charge in [-0.05, 0) is 37.4 Å². The van der Waals surface area contributed by atoms with Crippen LogP contribution in [0.15, 0.2) is 0 Å². The average molecular weight is 326 g/mol. The minimum absolute atomic E-state index is 0.567. The van der Waals surface area contributed by atoms with Crippen LogP contribution in [0.3, 0.4) is 0 Å². The molecule has 0 amide bonds. The summed E-state index contributed by atoms with van der Waals surface area (Å²) in [5, 5.41) is 4.89. The lowest BCUT2D eigenvalue weighted by molar-refractivity contribution is 0.657. The molecule has 5 heteroatoms. The Labute approximate surface area is 136 Å². The highest BCUT2D eigenvalue weighted by atomic mass is 32.2. The number of hydrogen-bond donors (Lipinski definition) is 1. The standard InChI is InChI=1S/C16H27N3S2/c1-4-11(2)15-14(9-17-12-5-6-12)21-16(18-15)19(3)13-7-8-20-10-13/h11-13,17H,4-10H2,1-3H3. The third-order valence-corrected chi connectivity index (χ3v) is 6.99. The largest absolute Gasteiger partial charge is 0.347 e. The molecule has 0 bridgehead atoms. The lowest BCUT2D eigenvalue weighted by Gasteiger charge is -2.22. The fraction of sp³-hybridized carbons (Fsp3) is 0.812. The first-order valence-electron chi connectivity index (χ1n) is 8.22. The first kappa shape index (κ1) is 15.6. The number of thioether (sulfide) groups is 1. The van der Waals surface area contributed by atoms with Gasteiger partial charge in [0.2, 0.25) is 0 Å². The number of aromatic nitrogens is 1. The molecule has 1 N–H and O–H groups in total. The quantitative estimate of drug-likeness (QED) is 0.824. The molecule has 2 unspecified atom stereocenters. The van der Waals surface area contributed by atoms with Crippen molar-refractivity contribution < 1.29 is 0 Å². The van der Waals surface area contributed by atoms with E-state index < -0.39 is 0 Å². The Morgan fingerprint density at radius 3 is 2.81 bits per heavy atom. The van der Waals surface area contributed by atoms with Crippen molar-refractivity contribution in [2.75, 3.05) is 23.5 Å². The molecule has 2 heterocycles. The minimum Gasteiger partial charge on any atom is -0.347 e. The highest BCUT2D eigenvalue weighted by Gasteiger charge is 2.26. The zero-order valence-corrected chi connectivity index (χ0v) is 15.0. The lowest BCUT2D eigenvalue weighted by Crippen LogP contribution is -2.31. The lowest BCUT2D eigenvalue weighted by atomic mass is 10.0. The van der Waals surface area contributed by atoms with E-state index in [0.29, 0.717) is 12.0 Å². The van der Waals surface area contributed by atoms with Crippen LogP contribution < -0.4 is 10.2 Å². The van der Waals surface area contributed by atoms with E-state index in [1.807, 2.05) is 11.3 Å². The van der Waals surface area contributed by atoms with Gasteiger partial charge in [0.15, 0.2) is 5.13 Å². The molecule has 2 atom stereocenters. The molecule has 1 aliphatic heterocycles. The topological polar surface area (TPSA) is 28.2 Å². The number of rotatable bonds is 7. The van der Waals surface area contributed by atoms with Gasteiger partial charge in [0.05, 0.1) is 5.69 Å². The van der Waals surface area contributed by atoms with Crippen LogP contribution in [-0.4, -0.2) is 35.6 Å². The summed E-state index contributed by atoms with van der Waals surface area (Å²) in [5.74, 6) is 3.12. The van der Waals surface area contributed by atoms with Crippen molar-refractivity contribution in [2.24, 2.45) is 0 Å². The first-order valence-corrected chi connectivity index (χ1v) is 10.2. The second kappa shape index (κ2) is 6.88. The molecule has 0 spiro atoms. The van der Waals surface area contributed by atoms with Gasteiger partial charge in [-0.3, -0.25) is 0 Å². The molecule has 21 heavy (non-hydrogen) atoms. The normalized spacial score (nSPS) is 23.5. The van der Waals surface area contributed by atoms with Crippen LogP contribution in [0.2, 0.25) is 0 Å². The maximum atomic E-state index is 5.02. The number of nitrogens with one attached hydrogen (secondary N) is 1. The van der Waals surface area contributed by atoms with Crippen molar-refractivity contribution in [1.29, 1.82) is 0 Å². The highest BCUT2D eigenvalue weighted by molar-refractivity contribution is 7.99. The molecule has 118 valence electrons. The van der Waals surface area contributed by atoms with Crippen LogP contribution in [0, 0.1) is 0 Å². The molecule has 1 aromatic heterocycles. The van der Waals surface area contributed by atoms with Gasteiger partial charge in [-0.2, -0.15) is 11.8 Å². The molecular weight excluding hydrogens is 298 g/mol. The second-order valence-electron chi connectivity index (χ2n) is 6.40. The number of thiazole rings is 1. The summed E-state index contributed by atoms with van der Waals surface area (Å²) in [7, 11) is 2.23. The highest BCUT2D eigenvalue weighted by Crippen LogP contribution is 2.35. The third-order valence-electron chi connectivity index (χ3n) is 4.68. The van der Waals surface area contributed by atoms with Gasteiger partial charge >= 0.3 is 0 Å². The fourth-order valence-corrected chi connectivity index (χ4v) is 5.15. The summed E-state index contributed by atoms with van der Waals surface area (Å²) < 4.78 is 0. The summed E-state index contributed by atoms with van der Waals surface area (Å²) in [4.78, 5) is 8.91.